The fraction of sp³-hybridized carbons (Fsp3) is 0.650. The van der Waals surface area contributed by atoms with E-state index in [2.05, 4.69) is 77.1 Å². The van der Waals surface area contributed by atoms with Crippen LogP contribution in [0.5, 0.6) is 5.75 Å². The Morgan fingerprint density at radius 2 is 1.52 bits per heavy atom. The number of thiophene rings is 1. The number of benzene rings is 2. The minimum Gasteiger partial charge on any atom is -0.493 e. The lowest BCUT2D eigenvalue weighted by Gasteiger charge is -2.42. The van der Waals surface area contributed by atoms with Gasteiger partial charge in [0.1, 0.15) is 18.0 Å². The molecule has 0 spiro atoms. The molecule has 1 aromatic heterocycles. The monoisotopic (exact) mass is 650 g/mol. The van der Waals surface area contributed by atoms with Gasteiger partial charge in [-0.15, -0.1) is 11.3 Å². The predicted octanol–water partition coefficient (Wildman–Crippen LogP) is 10.5. The summed E-state index contributed by atoms with van der Waals surface area (Å²) < 4.78 is 34.6. The number of rotatable bonds is 20. The number of ether oxygens (including phenoxy) is 5. The van der Waals surface area contributed by atoms with Crippen LogP contribution in [0.1, 0.15) is 126 Å². The Hall–Kier alpha value is -1.96. The second-order valence-electron chi connectivity index (χ2n) is 13.4. The molecule has 6 heteroatoms. The largest absolute Gasteiger partial charge is 0.493 e. The normalized spacial score (nSPS) is 22.4. The van der Waals surface area contributed by atoms with Gasteiger partial charge in [0.25, 0.3) is 0 Å². The fourth-order valence-electron chi connectivity index (χ4n) is 6.73. The maximum atomic E-state index is 7.05. The van der Waals surface area contributed by atoms with Crippen molar-refractivity contribution in [2.75, 3.05) is 33.0 Å². The number of hydrogen-bond acceptors (Lipinski definition) is 6. The van der Waals surface area contributed by atoms with Crippen molar-refractivity contribution in [1.82, 2.24) is 0 Å². The van der Waals surface area contributed by atoms with Gasteiger partial charge in [0, 0.05) is 46.8 Å². The lowest BCUT2D eigenvalue weighted by atomic mass is 9.85. The summed E-state index contributed by atoms with van der Waals surface area (Å²) in [6, 6.07) is 15.9. The van der Waals surface area contributed by atoms with Gasteiger partial charge >= 0.3 is 0 Å². The summed E-state index contributed by atoms with van der Waals surface area (Å²) in [5.74, 6) is 0.927. The van der Waals surface area contributed by atoms with Gasteiger partial charge in [-0.2, -0.15) is 0 Å². The molecule has 1 saturated heterocycles. The molecule has 0 radical (unpaired) electrons. The Morgan fingerprint density at radius 3 is 2.24 bits per heavy atom. The van der Waals surface area contributed by atoms with Gasteiger partial charge in [0.05, 0.1) is 25.4 Å². The molecule has 2 heterocycles. The molecule has 1 aliphatic heterocycles. The molecule has 0 amide bonds. The summed E-state index contributed by atoms with van der Waals surface area (Å²) in [5, 5.41) is 1.34. The van der Waals surface area contributed by atoms with E-state index in [1.807, 2.05) is 11.3 Å². The Labute approximate surface area is 282 Å². The molecule has 0 unspecified atom stereocenters. The lowest BCUT2D eigenvalue weighted by Crippen LogP contribution is -2.48. The summed E-state index contributed by atoms with van der Waals surface area (Å²) in [7, 11) is 0. The number of fused-ring (bicyclic) bond motifs is 1. The smallest absolute Gasteiger partial charge is 0.125 e. The fourth-order valence-corrected chi connectivity index (χ4v) is 8.05. The Morgan fingerprint density at radius 1 is 0.826 bits per heavy atom. The molecule has 5 nitrogen and oxygen atoms in total. The molecule has 3 aromatic rings. The van der Waals surface area contributed by atoms with Crippen molar-refractivity contribution in [3.8, 4) is 5.75 Å². The quantitative estimate of drug-likeness (QED) is 0.114. The Bertz CT molecular complexity index is 1310. The van der Waals surface area contributed by atoms with E-state index in [0.717, 1.165) is 95.2 Å². The highest BCUT2D eigenvalue weighted by molar-refractivity contribution is 7.19. The third-order valence-electron chi connectivity index (χ3n) is 9.66. The van der Waals surface area contributed by atoms with Crippen LogP contribution < -0.4 is 4.74 Å². The van der Waals surface area contributed by atoms with Crippen molar-refractivity contribution in [3.63, 3.8) is 0 Å². The van der Waals surface area contributed by atoms with E-state index in [-0.39, 0.29) is 29.8 Å². The third-order valence-corrected chi connectivity index (χ3v) is 11.0. The maximum absolute atomic E-state index is 7.05. The first kappa shape index (κ1) is 35.3. The van der Waals surface area contributed by atoms with Crippen LogP contribution in [0.3, 0.4) is 0 Å². The molecule has 2 fully saturated rings. The van der Waals surface area contributed by atoms with E-state index in [1.54, 1.807) is 0 Å². The van der Waals surface area contributed by atoms with E-state index in [4.69, 9.17) is 23.7 Å². The molecule has 1 saturated carbocycles. The molecule has 0 N–H and O–H groups in total. The summed E-state index contributed by atoms with van der Waals surface area (Å²) >= 11 is 1.95. The molecular formula is C40H58O5S. The van der Waals surface area contributed by atoms with Crippen LogP contribution in [0.4, 0.5) is 0 Å². The highest BCUT2D eigenvalue weighted by Crippen LogP contribution is 2.58. The highest BCUT2D eigenvalue weighted by Gasteiger charge is 2.49. The second-order valence-corrected chi connectivity index (χ2v) is 14.5. The van der Waals surface area contributed by atoms with Crippen LogP contribution in [0.2, 0.25) is 0 Å². The van der Waals surface area contributed by atoms with E-state index in [1.165, 1.54) is 26.1 Å². The van der Waals surface area contributed by atoms with Gasteiger partial charge < -0.3 is 23.7 Å². The average molecular weight is 651 g/mol. The Kier molecular flexibility index (Phi) is 13.4. The summed E-state index contributed by atoms with van der Waals surface area (Å²) in [6.07, 6.45) is 11.0. The molecule has 1 aliphatic carbocycles. The molecule has 254 valence electrons. The molecule has 2 aliphatic rings. The van der Waals surface area contributed by atoms with Crippen molar-refractivity contribution in [1.29, 1.82) is 0 Å². The van der Waals surface area contributed by atoms with Gasteiger partial charge in [-0.1, -0.05) is 71.6 Å². The van der Waals surface area contributed by atoms with Crippen molar-refractivity contribution in [2.45, 2.75) is 135 Å². The SMILES string of the molecule is CCCCOC[C@@H]1C[C@H](OCCCC)[C@@H](OCCCC)[C@H](c2cc(C3(c4cc5ccccc5s4)CC3)c(C)cc2OCCCC)O1. The zero-order valence-electron chi connectivity index (χ0n) is 29.1. The van der Waals surface area contributed by atoms with Crippen LogP contribution in [0.25, 0.3) is 10.1 Å². The zero-order valence-corrected chi connectivity index (χ0v) is 29.9. The van der Waals surface area contributed by atoms with Crippen molar-refractivity contribution >= 4 is 21.4 Å². The van der Waals surface area contributed by atoms with Gasteiger partial charge in [0.15, 0.2) is 0 Å². The van der Waals surface area contributed by atoms with Gasteiger partial charge in [-0.3, -0.25) is 0 Å². The molecule has 0 bridgehead atoms. The van der Waals surface area contributed by atoms with E-state index in [9.17, 15) is 0 Å². The van der Waals surface area contributed by atoms with Gasteiger partial charge in [-0.05, 0) is 86.2 Å². The van der Waals surface area contributed by atoms with Gasteiger partial charge in [0.2, 0.25) is 0 Å². The van der Waals surface area contributed by atoms with Crippen molar-refractivity contribution in [2.24, 2.45) is 0 Å². The number of unbranched alkanes of at least 4 members (excludes halogenated alkanes) is 4. The minimum atomic E-state index is -0.300. The van der Waals surface area contributed by atoms with Crippen molar-refractivity contribution < 1.29 is 23.7 Å². The average Bonchev–Trinajstić information content (AvgIpc) is 3.75. The molecule has 5 rings (SSSR count). The lowest BCUT2D eigenvalue weighted by molar-refractivity contribution is -0.213. The third kappa shape index (κ3) is 8.54. The summed E-state index contributed by atoms with van der Waals surface area (Å²) in [5.41, 5.74) is 3.84. The van der Waals surface area contributed by atoms with Crippen LogP contribution in [-0.2, 0) is 24.4 Å². The minimum absolute atomic E-state index is 0.0391. The zero-order chi connectivity index (χ0) is 32.4. The van der Waals surface area contributed by atoms with Crippen LogP contribution in [0, 0.1) is 6.92 Å². The Balaban J connectivity index is 1.55. The standard InChI is InChI=1S/C40H58O5S/c1-6-10-20-41-28-31-26-35(43-22-12-8-3)39(44-23-13-9-4)38(45-31)32-27-33(29(5)24-34(32)42-21-11-7-2)40(18-19-40)37-25-30-16-14-15-17-36(30)46-37/h14-17,24-25,27,31,35,38-39H,6-13,18-23,26,28H2,1-5H3/t31-,35-,38-,39+/m0/s1. The van der Waals surface area contributed by atoms with Gasteiger partial charge in [-0.25, -0.2) is 0 Å². The van der Waals surface area contributed by atoms with E-state index < -0.39 is 0 Å². The molecule has 2 aromatic carbocycles. The molecular weight excluding hydrogens is 593 g/mol. The highest BCUT2D eigenvalue weighted by atomic mass is 32.1. The van der Waals surface area contributed by atoms with E-state index >= 15 is 0 Å². The first-order valence-electron chi connectivity index (χ1n) is 18.3. The number of aryl methyl sites for hydroxylation is 1. The van der Waals surface area contributed by atoms with Crippen molar-refractivity contribution in [3.05, 3.63) is 64.0 Å². The van der Waals surface area contributed by atoms with Crippen LogP contribution in [0.15, 0.2) is 42.5 Å². The molecule has 46 heavy (non-hydrogen) atoms. The second kappa shape index (κ2) is 17.4. The maximum Gasteiger partial charge on any atom is 0.125 e. The first-order valence-corrected chi connectivity index (χ1v) is 19.1. The first-order chi connectivity index (χ1) is 22.5. The predicted molar refractivity (Wildman–Crippen MR) is 191 cm³/mol. The van der Waals surface area contributed by atoms with Crippen LogP contribution >= 0.6 is 11.3 Å². The van der Waals surface area contributed by atoms with Crippen LogP contribution in [-0.4, -0.2) is 51.3 Å². The van der Waals surface area contributed by atoms with E-state index in [0.29, 0.717) is 19.8 Å². The number of hydrogen-bond donors (Lipinski definition) is 0. The molecule has 4 atom stereocenters. The summed E-state index contributed by atoms with van der Waals surface area (Å²) in [6.45, 7) is 14.6. The summed E-state index contributed by atoms with van der Waals surface area (Å²) in [4.78, 5) is 1.46. The topological polar surface area (TPSA) is 46.2 Å².